The van der Waals surface area contributed by atoms with Gasteiger partial charge in [-0.3, -0.25) is 4.90 Å². The average molecular weight is 181 g/mol. The van der Waals surface area contributed by atoms with Crippen molar-refractivity contribution in [3.8, 4) is 0 Å². The highest BCUT2D eigenvalue weighted by Gasteiger charge is 2.22. The number of rotatable bonds is 2. The molecule has 76 valence electrons. The first kappa shape index (κ1) is 10.8. The molecule has 0 saturated heterocycles. The summed E-state index contributed by atoms with van der Waals surface area (Å²) in [5.41, 5.74) is 1.64. The Bertz CT molecular complexity index is 191. The van der Waals surface area contributed by atoms with E-state index in [1.807, 2.05) is 0 Å². The molecule has 13 heavy (non-hydrogen) atoms. The fourth-order valence-corrected chi connectivity index (χ4v) is 2.14. The van der Waals surface area contributed by atoms with Crippen LogP contribution in [-0.2, 0) is 0 Å². The molecule has 0 N–H and O–H groups in total. The average Bonchev–Trinajstić information content (AvgIpc) is 2.03. The molecule has 0 amide bonds. The normalized spacial score (nSPS) is 25.5. The van der Waals surface area contributed by atoms with Gasteiger partial charge in [0.2, 0.25) is 0 Å². The van der Waals surface area contributed by atoms with Crippen molar-refractivity contribution in [2.45, 2.75) is 53.1 Å². The van der Waals surface area contributed by atoms with Gasteiger partial charge in [0.05, 0.1) is 0 Å². The van der Waals surface area contributed by atoms with E-state index in [2.05, 4.69) is 45.6 Å². The number of hydrogen-bond acceptors (Lipinski definition) is 1. The fourth-order valence-electron chi connectivity index (χ4n) is 2.14. The lowest BCUT2D eigenvalue weighted by Gasteiger charge is -2.37. The van der Waals surface area contributed by atoms with Crippen LogP contribution in [-0.4, -0.2) is 23.5 Å². The predicted octanol–water partition coefficient (Wildman–Crippen LogP) is 3.07. The summed E-state index contributed by atoms with van der Waals surface area (Å²) in [4.78, 5) is 2.56. The van der Waals surface area contributed by atoms with Crippen molar-refractivity contribution < 1.29 is 0 Å². The van der Waals surface area contributed by atoms with E-state index in [1.165, 1.54) is 6.42 Å². The van der Waals surface area contributed by atoms with Gasteiger partial charge in [-0.1, -0.05) is 25.5 Å². The van der Waals surface area contributed by atoms with Gasteiger partial charge >= 0.3 is 0 Å². The fraction of sp³-hybridized carbons (Fsp3) is 0.833. The van der Waals surface area contributed by atoms with Gasteiger partial charge in [-0.25, -0.2) is 0 Å². The summed E-state index contributed by atoms with van der Waals surface area (Å²) < 4.78 is 0. The highest BCUT2D eigenvalue weighted by molar-refractivity contribution is 5.11. The Labute approximate surface area is 82.8 Å². The first-order valence-electron chi connectivity index (χ1n) is 5.47. The maximum Gasteiger partial charge on any atom is 0.0171 e. The lowest BCUT2D eigenvalue weighted by Crippen LogP contribution is -2.41. The van der Waals surface area contributed by atoms with E-state index >= 15 is 0 Å². The first-order valence-corrected chi connectivity index (χ1v) is 5.47. The molecule has 1 heteroatoms. The Morgan fingerprint density at radius 3 is 2.31 bits per heavy atom. The van der Waals surface area contributed by atoms with Crippen molar-refractivity contribution in [2.24, 2.45) is 5.92 Å². The zero-order valence-corrected chi connectivity index (χ0v) is 9.67. The summed E-state index contributed by atoms with van der Waals surface area (Å²) in [5.74, 6) is 0.733. The lowest BCUT2D eigenvalue weighted by atomic mass is 9.92. The molecule has 0 spiro atoms. The molecular formula is C12H23N. The Balaban J connectivity index is 2.63. The van der Waals surface area contributed by atoms with Crippen LogP contribution in [0.2, 0.25) is 0 Å². The van der Waals surface area contributed by atoms with E-state index in [0.29, 0.717) is 6.04 Å². The maximum atomic E-state index is 2.56. The van der Waals surface area contributed by atoms with Gasteiger partial charge < -0.3 is 0 Å². The molecule has 0 unspecified atom stereocenters. The van der Waals surface area contributed by atoms with Crippen LogP contribution in [0.15, 0.2) is 11.6 Å². The molecule has 1 heterocycles. The second-order valence-corrected chi connectivity index (χ2v) is 4.78. The predicted molar refractivity (Wildman–Crippen MR) is 58.8 cm³/mol. The molecule has 1 aliphatic rings. The monoisotopic (exact) mass is 181 g/mol. The first-order chi connectivity index (χ1) is 6.02. The molecule has 1 nitrogen and oxygen atoms in total. The highest BCUT2D eigenvalue weighted by atomic mass is 15.2. The summed E-state index contributed by atoms with van der Waals surface area (Å²) in [5, 5.41) is 0. The molecular weight excluding hydrogens is 158 g/mol. The highest BCUT2D eigenvalue weighted by Crippen LogP contribution is 2.24. The van der Waals surface area contributed by atoms with Crippen LogP contribution in [0.4, 0.5) is 0 Å². The van der Waals surface area contributed by atoms with Crippen molar-refractivity contribution >= 4 is 0 Å². The van der Waals surface area contributed by atoms with Crippen molar-refractivity contribution in [3.05, 3.63) is 11.6 Å². The van der Waals surface area contributed by atoms with Gasteiger partial charge in [-0.15, -0.1) is 0 Å². The van der Waals surface area contributed by atoms with Gasteiger partial charge in [0.1, 0.15) is 0 Å². The van der Waals surface area contributed by atoms with Gasteiger partial charge in [-0.2, -0.15) is 0 Å². The Morgan fingerprint density at radius 2 is 1.92 bits per heavy atom. The summed E-state index contributed by atoms with van der Waals surface area (Å²) in [6, 6.07) is 1.40. The lowest BCUT2D eigenvalue weighted by molar-refractivity contribution is 0.169. The van der Waals surface area contributed by atoms with Crippen LogP contribution < -0.4 is 0 Å². The van der Waals surface area contributed by atoms with Crippen LogP contribution >= 0.6 is 0 Å². The van der Waals surface area contributed by atoms with Crippen molar-refractivity contribution in [1.82, 2.24) is 4.90 Å². The summed E-state index contributed by atoms with van der Waals surface area (Å²) in [7, 11) is 0. The SMILES string of the molecule is CC(C)C1=CCN(C(C)C)[C@@H](C)C1. The van der Waals surface area contributed by atoms with Crippen LogP contribution in [0.3, 0.4) is 0 Å². The molecule has 1 aliphatic heterocycles. The standard InChI is InChI=1S/C12H23N/c1-9(2)12-6-7-13(10(3)4)11(5)8-12/h6,9-11H,7-8H2,1-5H3/t11-/m0/s1. The molecule has 0 saturated carbocycles. The summed E-state index contributed by atoms with van der Waals surface area (Å²) in [6.45, 7) is 12.6. The largest absolute Gasteiger partial charge is 0.294 e. The second-order valence-electron chi connectivity index (χ2n) is 4.78. The molecule has 1 atom stereocenters. The number of nitrogens with zero attached hydrogens (tertiary/aromatic N) is 1. The maximum absolute atomic E-state index is 2.56. The Morgan fingerprint density at radius 1 is 1.31 bits per heavy atom. The molecule has 0 bridgehead atoms. The van der Waals surface area contributed by atoms with Gasteiger partial charge in [0.15, 0.2) is 0 Å². The zero-order valence-electron chi connectivity index (χ0n) is 9.67. The van der Waals surface area contributed by atoms with Gasteiger partial charge in [0, 0.05) is 18.6 Å². The van der Waals surface area contributed by atoms with E-state index in [9.17, 15) is 0 Å². The van der Waals surface area contributed by atoms with Crippen LogP contribution in [0.1, 0.15) is 41.0 Å². The van der Waals surface area contributed by atoms with E-state index in [1.54, 1.807) is 5.57 Å². The third-order valence-corrected chi connectivity index (χ3v) is 3.07. The molecule has 1 rings (SSSR count). The quantitative estimate of drug-likeness (QED) is 0.592. The van der Waals surface area contributed by atoms with Gasteiger partial charge in [0.25, 0.3) is 0 Å². The Hall–Kier alpha value is -0.300. The van der Waals surface area contributed by atoms with E-state index in [4.69, 9.17) is 0 Å². The minimum absolute atomic E-state index is 0.681. The minimum atomic E-state index is 0.681. The second kappa shape index (κ2) is 4.28. The van der Waals surface area contributed by atoms with E-state index < -0.39 is 0 Å². The Kier molecular flexibility index (Phi) is 3.55. The number of hydrogen-bond donors (Lipinski definition) is 0. The zero-order chi connectivity index (χ0) is 10.0. The van der Waals surface area contributed by atoms with Gasteiger partial charge in [-0.05, 0) is 33.1 Å². The van der Waals surface area contributed by atoms with E-state index in [0.717, 1.165) is 18.5 Å². The third kappa shape index (κ3) is 2.57. The summed E-state index contributed by atoms with van der Waals surface area (Å²) >= 11 is 0. The molecule has 0 aromatic heterocycles. The molecule has 0 aromatic carbocycles. The van der Waals surface area contributed by atoms with Crippen molar-refractivity contribution in [3.63, 3.8) is 0 Å². The molecule has 0 aliphatic carbocycles. The molecule has 0 fully saturated rings. The molecule has 0 radical (unpaired) electrons. The van der Waals surface area contributed by atoms with Crippen LogP contribution in [0.25, 0.3) is 0 Å². The third-order valence-electron chi connectivity index (χ3n) is 3.07. The minimum Gasteiger partial charge on any atom is -0.294 e. The van der Waals surface area contributed by atoms with Crippen LogP contribution in [0, 0.1) is 5.92 Å². The topological polar surface area (TPSA) is 3.24 Å². The van der Waals surface area contributed by atoms with Crippen molar-refractivity contribution in [2.75, 3.05) is 6.54 Å². The van der Waals surface area contributed by atoms with Crippen molar-refractivity contribution in [1.29, 1.82) is 0 Å². The van der Waals surface area contributed by atoms with E-state index in [-0.39, 0.29) is 0 Å². The molecule has 0 aromatic rings. The summed E-state index contributed by atoms with van der Waals surface area (Å²) in [6.07, 6.45) is 3.68. The van der Waals surface area contributed by atoms with Crippen LogP contribution in [0.5, 0.6) is 0 Å². The smallest absolute Gasteiger partial charge is 0.0171 e.